The van der Waals surface area contributed by atoms with E-state index < -0.39 is 11.0 Å². The molecule has 1 unspecified atom stereocenters. The third-order valence-corrected chi connectivity index (χ3v) is 5.64. The van der Waals surface area contributed by atoms with Crippen molar-refractivity contribution in [3.63, 3.8) is 0 Å². The maximum absolute atomic E-state index is 12.2. The van der Waals surface area contributed by atoms with Crippen LogP contribution < -0.4 is 11.1 Å². The Hall–Kier alpha value is -0.220. The molecular formula is C13H26N2OS. The van der Waals surface area contributed by atoms with Crippen molar-refractivity contribution < 1.29 is 4.79 Å². The highest BCUT2D eigenvalue weighted by atomic mass is 32.2. The van der Waals surface area contributed by atoms with E-state index in [0.717, 1.165) is 6.54 Å². The molecule has 0 spiro atoms. The standard InChI is InChI=1S/C13H26N2OS/c1-11(2,12(3,4)14)10(16)15-9-13(5)7-6-8-17-13/h6-9,14H2,1-5H3,(H,15,16). The first kappa shape index (κ1) is 14.8. The number of nitrogens with one attached hydrogen (secondary N) is 1. The fraction of sp³-hybridized carbons (Fsp3) is 0.923. The maximum atomic E-state index is 12.2. The summed E-state index contributed by atoms with van der Waals surface area (Å²) in [6, 6.07) is 0. The fourth-order valence-electron chi connectivity index (χ4n) is 1.76. The minimum atomic E-state index is -0.549. The summed E-state index contributed by atoms with van der Waals surface area (Å²) in [5.74, 6) is 1.26. The van der Waals surface area contributed by atoms with Gasteiger partial charge in [-0.3, -0.25) is 4.79 Å². The molecule has 1 aliphatic rings. The van der Waals surface area contributed by atoms with Crippen LogP contribution in [-0.2, 0) is 4.79 Å². The Balaban J connectivity index is 2.55. The molecule has 0 saturated carbocycles. The van der Waals surface area contributed by atoms with Gasteiger partial charge in [0.2, 0.25) is 5.91 Å². The Morgan fingerprint density at radius 2 is 2.00 bits per heavy atom. The van der Waals surface area contributed by atoms with Gasteiger partial charge in [-0.2, -0.15) is 11.8 Å². The maximum Gasteiger partial charge on any atom is 0.227 e. The Kier molecular flexibility index (Phi) is 4.20. The van der Waals surface area contributed by atoms with Crippen molar-refractivity contribution in [2.45, 2.75) is 57.7 Å². The second-order valence-corrected chi connectivity index (χ2v) is 8.11. The molecule has 0 aromatic carbocycles. The van der Waals surface area contributed by atoms with Crippen LogP contribution in [0.1, 0.15) is 47.5 Å². The molecule has 1 rings (SSSR count). The number of carbonyl (C=O) groups is 1. The Labute approximate surface area is 109 Å². The van der Waals surface area contributed by atoms with E-state index >= 15 is 0 Å². The van der Waals surface area contributed by atoms with Gasteiger partial charge in [-0.25, -0.2) is 0 Å². The van der Waals surface area contributed by atoms with Crippen molar-refractivity contribution >= 4 is 17.7 Å². The van der Waals surface area contributed by atoms with E-state index in [-0.39, 0.29) is 10.7 Å². The summed E-state index contributed by atoms with van der Waals surface area (Å²) in [7, 11) is 0. The lowest BCUT2D eigenvalue weighted by atomic mass is 9.74. The Morgan fingerprint density at radius 1 is 1.41 bits per heavy atom. The molecule has 0 radical (unpaired) electrons. The van der Waals surface area contributed by atoms with Gasteiger partial charge in [0.25, 0.3) is 0 Å². The smallest absolute Gasteiger partial charge is 0.227 e. The first-order valence-corrected chi connectivity index (χ1v) is 7.28. The summed E-state index contributed by atoms with van der Waals surface area (Å²) >= 11 is 1.96. The molecule has 4 heteroatoms. The van der Waals surface area contributed by atoms with Gasteiger partial charge in [0.1, 0.15) is 0 Å². The summed E-state index contributed by atoms with van der Waals surface area (Å²) in [6.45, 7) is 10.6. The monoisotopic (exact) mass is 258 g/mol. The molecule has 0 aliphatic carbocycles. The molecule has 1 atom stereocenters. The van der Waals surface area contributed by atoms with Gasteiger partial charge >= 0.3 is 0 Å². The van der Waals surface area contributed by atoms with Crippen LogP contribution in [0.15, 0.2) is 0 Å². The molecule has 0 aromatic heterocycles. The van der Waals surface area contributed by atoms with Crippen LogP contribution >= 0.6 is 11.8 Å². The third-order valence-electron chi connectivity index (χ3n) is 4.10. The zero-order chi connectivity index (χ0) is 13.3. The molecule has 1 aliphatic heterocycles. The van der Waals surface area contributed by atoms with Crippen molar-refractivity contribution in [3.05, 3.63) is 0 Å². The van der Waals surface area contributed by atoms with Gasteiger partial charge in [0.05, 0.1) is 5.41 Å². The van der Waals surface area contributed by atoms with E-state index in [2.05, 4.69) is 12.2 Å². The number of rotatable bonds is 4. The second kappa shape index (κ2) is 4.81. The molecule has 1 amide bonds. The largest absolute Gasteiger partial charge is 0.354 e. The predicted molar refractivity (Wildman–Crippen MR) is 75.2 cm³/mol. The summed E-state index contributed by atoms with van der Waals surface area (Å²) in [5.41, 5.74) is 5.00. The van der Waals surface area contributed by atoms with Crippen LogP contribution in [0.2, 0.25) is 0 Å². The predicted octanol–water partition coefficient (Wildman–Crippen LogP) is 2.15. The van der Waals surface area contributed by atoms with Crippen LogP contribution in [0.25, 0.3) is 0 Å². The molecular weight excluding hydrogens is 232 g/mol. The number of carbonyl (C=O) groups excluding carboxylic acids is 1. The van der Waals surface area contributed by atoms with E-state index in [9.17, 15) is 4.79 Å². The van der Waals surface area contributed by atoms with Crippen molar-refractivity contribution in [2.24, 2.45) is 11.1 Å². The van der Waals surface area contributed by atoms with Crippen molar-refractivity contribution in [3.8, 4) is 0 Å². The molecule has 100 valence electrons. The summed E-state index contributed by atoms with van der Waals surface area (Å²) in [4.78, 5) is 12.2. The normalized spacial score (nSPS) is 26.0. The van der Waals surface area contributed by atoms with Gasteiger partial charge in [0, 0.05) is 16.8 Å². The molecule has 3 N–H and O–H groups in total. The minimum Gasteiger partial charge on any atom is -0.354 e. The van der Waals surface area contributed by atoms with Crippen LogP contribution in [0.3, 0.4) is 0 Å². The number of hydrogen-bond acceptors (Lipinski definition) is 3. The van der Waals surface area contributed by atoms with Crippen LogP contribution in [0.4, 0.5) is 0 Å². The van der Waals surface area contributed by atoms with E-state index in [0.29, 0.717) is 0 Å². The number of amides is 1. The molecule has 3 nitrogen and oxygen atoms in total. The van der Waals surface area contributed by atoms with Crippen molar-refractivity contribution in [1.82, 2.24) is 5.32 Å². The van der Waals surface area contributed by atoms with Crippen molar-refractivity contribution in [2.75, 3.05) is 12.3 Å². The highest BCUT2D eigenvalue weighted by molar-refractivity contribution is 8.00. The van der Waals surface area contributed by atoms with Gasteiger partial charge in [-0.05, 0) is 53.2 Å². The average Bonchev–Trinajstić information content (AvgIpc) is 2.60. The van der Waals surface area contributed by atoms with Crippen LogP contribution in [-0.4, -0.2) is 28.5 Å². The molecule has 17 heavy (non-hydrogen) atoms. The third kappa shape index (κ3) is 3.38. The second-order valence-electron chi connectivity index (χ2n) is 6.43. The number of thioether (sulfide) groups is 1. The fourth-order valence-corrected chi connectivity index (χ4v) is 3.00. The summed E-state index contributed by atoms with van der Waals surface area (Å²) in [6.07, 6.45) is 2.44. The lowest BCUT2D eigenvalue weighted by molar-refractivity contribution is -0.132. The number of hydrogen-bond donors (Lipinski definition) is 2. The van der Waals surface area contributed by atoms with Gasteiger partial charge in [0.15, 0.2) is 0 Å². The zero-order valence-electron chi connectivity index (χ0n) is 11.7. The van der Waals surface area contributed by atoms with E-state index in [4.69, 9.17) is 5.73 Å². The summed E-state index contributed by atoms with van der Waals surface area (Å²) < 4.78 is 0.213. The van der Waals surface area contributed by atoms with Crippen molar-refractivity contribution in [1.29, 1.82) is 0 Å². The van der Waals surface area contributed by atoms with Gasteiger partial charge in [-0.15, -0.1) is 0 Å². The lowest BCUT2D eigenvalue weighted by Crippen LogP contribution is -2.56. The SMILES string of the molecule is CC1(CNC(=O)C(C)(C)C(C)(C)N)CCCS1. The molecule has 0 aromatic rings. The first-order chi connectivity index (χ1) is 7.58. The highest BCUT2D eigenvalue weighted by Crippen LogP contribution is 2.37. The lowest BCUT2D eigenvalue weighted by Gasteiger charge is -2.37. The highest BCUT2D eigenvalue weighted by Gasteiger charge is 2.41. The first-order valence-electron chi connectivity index (χ1n) is 6.30. The van der Waals surface area contributed by atoms with Gasteiger partial charge < -0.3 is 11.1 Å². The molecule has 1 saturated heterocycles. The topological polar surface area (TPSA) is 55.1 Å². The molecule has 1 heterocycles. The molecule has 1 fully saturated rings. The number of nitrogens with two attached hydrogens (primary N) is 1. The van der Waals surface area contributed by atoms with Gasteiger partial charge in [-0.1, -0.05) is 0 Å². The summed E-state index contributed by atoms with van der Waals surface area (Å²) in [5, 5.41) is 3.07. The molecule has 0 bridgehead atoms. The van der Waals surface area contributed by atoms with E-state index in [1.165, 1.54) is 18.6 Å². The quantitative estimate of drug-likeness (QED) is 0.812. The van der Waals surface area contributed by atoms with E-state index in [1.807, 2.05) is 39.5 Å². The Morgan fingerprint density at radius 3 is 2.41 bits per heavy atom. The Bertz CT molecular complexity index is 288. The van der Waals surface area contributed by atoms with Crippen LogP contribution in [0.5, 0.6) is 0 Å². The van der Waals surface area contributed by atoms with Crippen LogP contribution in [0, 0.1) is 5.41 Å². The van der Waals surface area contributed by atoms with E-state index in [1.54, 1.807) is 0 Å². The minimum absolute atomic E-state index is 0.0544. The average molecular weight is 258 g/mol. The zero-order valence-corrected chi connectivity index (χ0v) is 12.5.